The molecule has 1 N–H and O–H groups in total. The van der Waals surface area contributed by atoms with E-state index < -0.39 is 6.04 Å². The number of likely N-dealkylation sites (N-methyl/N-ethyl adjacent to an activating group) is 1. The lowest BCUT2D eigenvalue weighted by Crippen LogP contribution is -2.50. The Hall–Kier alpha value is -3.87. The first-order chi connectivity index (χ1) is 19.9. The molecule has 4 aromatic carbocycles. The summed E-state index contributed by atoms with van der Waals surface area (Å²) in [6, 6.07) is 25.6. The molecule has 0 fully saturated rings. The minimum absolute atomic E-state index is 0.0618. The predicted molar refractivity (Wildman–Crippen MR) is 164 cm³/mol. The van der Waals surface area contributed by atoms with Crippen molar-refractivity contribution in [2.24, 2.45) is 0 Å². The van der Waals surface area contributed by atoms with Crippen molar-refractivity contribution < 1.29 is 14.4 Å². The summed E-state index contributed by atoms with van der Waals surface area (Å²) in [4.78, 5) is 43.9. The largest absolute Gasteiger partial charge is 0.355 e. The van der Waals surface area contributed by atoms with Crippen LogP contribution in [0.4, 0.5) is 5.69 Å². The van der Waals surface area contributed by atoms with Gasteiger partial charge in [0.05, 0.1) is 5.69 Å². The fourth-order valence-corrected chi connectivity index (χ4v) is 5.95. The number of halogens is 2. The van der Waals surface area contributed by atoms with Crippen LogP contribution in [0.3, 0.4) is 0 Å². The highest BCUT2D eigenvalue weighted by molar-refractivity contribution is 6.36. The van der Waals surface area contributed by atoms with Crippen LogP contribution in [0, 0.1) is 0 Å². The number of hydrogen-bond acceptors (Lipinski definition) is 3. The van der Waals surface area contributed by atoms with E-state index in [1.165, 1.54) is 0 Å². The maximum atomic E-state index is 13.9. The first-order valence-electron chi connectivity index (χ1n) is 13.8. The molecule has 0 aliphatic carbocycles. The predicted octanol–water partition coefficient (Wildman–Crippen LogP) is 6.66. The molecule has 0 saturated carbocycles. The third kappa shape index (κ3) is 6.09. The fourth-order valence-electron chi connectivity index (χ4n) is 5.43. The zero-order valence-corrected chi connectivity index (χ0v) is 24.3. The van der Waals surface area contributed by atoms with E-state index in [1.54, 1.807) is 28.0 Å². The summed E-state index contributed by atoms with van der Waals surface area (Å²) in [5.41, 5.74) is 3.06. The van der Waals surface area contributed by atoms with E-state index in [4.69, 9.17) is 23.2 Å². The molecule has 0 bridgehead atoms. The van der Waals surface area contributed by atoms with Gasteiger partial charge in [0.15, 0.2) is 0 Å². The summed E-state index contributed by atoms with van der Waals surface area (Å²) in [6.45, 7) is 2.74. The molecule has 3 amide bonds. The number of nitrogens with zero attached hydrogens (tertiary/aromatic N) is 2. The van der Waals surface area contributed by atoms with E-state index in [2.05, 4.69) is 5.32 Å². The molecule has 0 saturated heterocycles. The number of hydrogen-bond donors (Lipinski definition) is 1. The van der Waals surface area contributed by atoms with Crippen LogP contribution in [0.25, 0.3) is 10.8 Å². The van der Waals surface area contributed by atoms with Crippen molar-refractivity contribution >= 4 is 57.4 Å². The second-order valence-corrected chi connectivity index (χ2v) is 10.9. The molecule has 0 spiro atoms. The topological polar surface area (TPSA) is 69.7 Å². The Morgan fingerprint density at radius 3 is 2.29 bits per heavy atom. The number of nitrogens with one attached hydrogen (secondary N) is 1. The molecule has 1 aliphatic rings. The van der Waals surface area contributed by atoms with Gasteiger partial charge in [-0.2, -0.15) is 0 Å². The molecule has 6 nitrogen and oxygen atoms in total. The molecule has 1 atom stereocenters. The maximum absolute atomic E-state index is 13.9. The van der Waals surface area contributed by atoms with Crippen molar-refractivity contribution in [2.75, 3.05) is 18.0 Å². The minimum atomic E-state index is -0.774. The van der Waals surface area contributed by atoms with Gasteiger partial charge in [0.1, 0.15) is 6.04 Å². The maximum Gasteiger partial charge on any atom is 0.258 e. The summed E-state index contributed by atoms with van der Waals surface area (Å²) in [6.07, 6.45) is 0.903. The molecule has 41 heavy (non-hydrogen) atoms. The van der Waals surface area contributed by atoms with Crippen LogP contribution in [0.5, 0.6) is 0 Å². The number of amides is 3. The van der Waals surface area contributed by atoms with Gasteiger partial charge in [-0.25, -0.2) is 0 Å². The third-order valence-electron chi connectivity index (χ3n) is 7.43. The second kappa shape index (κ2) is 12.8. The highest BCUT2D eigenvalue weighted by Crippen LogP contribution is 2.37. The van der Waals surface area contributed by atoms with Crippen LogP contribution in [0.1, 0.15) is 41.3 Å². The summed E-state index contributed by atoms with van der Waals surface area (Å²) in [7, 11) is 0. The molecular formula is C33H31Cl2N3O3. The highest BCUT2D eigenvalue weighted by Gasteiger charge is 2.32. The Balaban J connectivity index is 1.39. The Morgan fingerprint density at radius 2 is 1.59 bits per heavy atom. The normalized spacial score (nSPS) is 13.0. The van der Waals surface area contributed by atoms with Crippen LogP contribution in [-0.2, 0) is 22.6 Å². The first-order valence-corrected chi connectivity index (χ1v) is 14.5. The van der Waals surface area contributed by atoms with Crippen molar-refractivity contribution in [3.05, 3.63) is 112 Å². The molecular weight excluding hydrogens is 557 g/mol. The smallest absolute Gasteiger partial charge is 0.258 e. The van der Waals surface area contributed by atoms with E-state index in [0.717, 1.165) is 22.0 Å². The molecule has 0 radical (unpaired) electrons. The van der Waals surface area contributed by atoms with Crippen LogP contribution in [0.15, 0.2) is 84.9 Å². The lowest BCUT2D eigenvalue weighted by molar-refractivity contribution is -0.141. The summed E-state index contributed by atoms with van der Waals surface area (Å²) in [5.74, 6) is -0.520. The van der Waals surface area contributed by atoms with Gasteiger partial charge in [0.2, 0.25) is 11.8 Å². The quantitative estimate of drug-likeness (QED) is 0.213. The number of carbonyl (C=O) groups is 3. The van der Waals surface area contributed by atoms with E-state index in [0.29, 0.717) is 47.1 Å². The molecule has 8 heteroatoms. The Bertz CT molecular complexity index is 1570. The molecule has 1 aliphatic heterocycles. The summed E-state index contributed by atoms with van der Waals surface area (Å²) in [5, 5.41) is 5.71. The van der Waals surface area contributed by atoms with Gasteiger partial charge in [-0.05, 0) is 48.6 Å². The van der Waals surface area contributed by atoms with Crippen molar-refractivity contribution in [2.45, 2.75) is 38.8 Å². The lowest BCUT2D eigenvalue weighted by atomic mass is 10.0. The lowest BCUT2D eigenvalue weighted by Gasteiger charge is -2.32. The van der Waals surface area contributed by atoms with Crippen LogP contribution in [-0.4, -0.2) is 41.8 Å². The Morgan fingerprint density at radius 1 is 0.902 bits per heavy atom. The van der Waals surface area contributed by atoms with Crippen molar-refractivity contribution in [3.8, 4) is 0 Å². The van der Waals surface area contributed by atoms with Crippen LogP contribution in [0.2, 0.25) is 10.0 Å². The number of anilines is 1. The summed E-state index contributed by atoms with van der Waals surface area (Å²) >= 11 is 13.0. The van der Waals surface area contributed by atoms with Gasteiger partial charge in [0.25, 0.3) is 5.91 Å². The molecule has 5 rings (SSSR count). The zero-order valence-electron chi connectivity index (χ0n) is 22.8. The average Bonchev–Trinajstić information content (AvgIpc) is 3.25. The zero-order chi connectivity index (χ0) is 28.9. The molecule has 4 aromatic rings. The molecule has 210 valence electrons. The van der Waals surface area contributed by atoms with Gasteiger partial charge in [-0.15, -0.1) is 0 Å². The molecule has 0 unspecified atom stereocenters. The minimum Gasteiger partial charge on any atom is -0.355 e. The van der Waals surface area contributed by atoms with Gasteiger partial charge in [-0.1, -0.05) is 83.9 Å². The summed E-state index contributed by atoms with van der Waals surface area (Å²) < 4.78 is 0. The Kier molecular flexibility index (Phi) is 8.91. The first kappa shape index (κ1) is 28.7. The van der Waals surface area contributed by atoms with Gasteiger partial charge < -0.3 is 15.1 Å². The molecule has 0 aromatic heterocycles. The standard InChI is InChI=1S/C33H31Cl2N3O3/c1-2-36-32(40)29(20-22-10-4-3-5-11-22)38(21-25-26(34)15-8-16-27(25)35)30(39)18-9-19-37-28-17-7-13-23-12-6-14-24(31(23)28)33(37)41/h3-8,10-17,29H,2,9,18-21H2,1H3,(H,36,40)/t29-/m0/s1. The van der Waals surface area contributed by atoms with Gasteiger partial charge in [0, 0.05) is 59.0 Å². The van der Waals surface area contributed by atoms with E-state index >= 15 is 0 Å². The fraction of sp³-hybridized carbons (Fsp3) is 0.242. The van der Waals surface area contributed by atoms with Crippen molar-refractivity contribution in [3.63, 3.8) is 0 Å². The number of carbonyl (C=O) groups excluding carboxylic acids is 3. The van der Waals surface area contributed by atoms with E-state index in [-0.39, 0.29) is 30.7 Å². The third-order valence-corrected chi connectivity index (χ3v) is 8.14. The van der Waals surface area contributed by atoms with Crippen LogP contribution >= 0.6 is 23.2 Å². The van der Waals surface area contributed by atoms with Gasteiger partial charge in [-0.3, -0.25) is 14.4 Å². The average molecular weight is 589 g/mol. The van der Waals surface area contributed by atoms with E-state index in [9.17, 15) is 14.4 Å². The van der Waals surface area contributed by atoms with E-state index in [1.807, 2.05) is 73.7 Å². The van der Waals surface area contributed by atoms with Crippen molar-refractivity contribution in [1.82, 2.24) is 10.2 Å². The van der Waals surface area contributed by atoms with Gasteiger partial charge >= 0.3 is 0 Å². The van der Waals surface area contributed by atoms with Crippen LogP contribution < -0.4 is 10.2 Å². The highest BCUT2D eigenvalue weighted by atomic mass is 35.5. The number of rotatable bonds is 11. The monoisotopic (exact) mass is 587 g/mol. The second-order valence-electron chi connectivity index (χ2n) is 10.1. The molecule has 1 heterocycles. The number of benzene rings is 4. The van der Waals surface area contributed by atoms with Crippen molar-refractivity contribution in [1.29, 1.82) is 0 Å². The SMILES string of the molecule is CCNC(=O)[C@H](Cc1ccccc1)N(Cc1c(Cl)cccc1Cl)C(=O)CCCN1C(=O)c2cccc3cccc1c23. The Labute approximate surface area is 249 Å².